The molecule has 2 unspecified atom stereocenters. The van der Waals surface area contributed by atoms with Gasteiger partial charge in [-0.3, -0.25) is 9.59 Å². The van der Waals surface area contributed by atoms with E-state index in [0.717, 1.165) is 38.5 Å². The zero-order valence-corrected chi connectivity index (χ0v) is 51.9. The van der Waals surface area contributed by atoms with E-state index in [1.165, 1.54) is 270 Å². The number of aliphatic carboxylic acids is 1. The van der Waals surface area contributed by atoms with Gasteiger partial charge in [-0.05, 0) is 64.2 Å². The first-order valence-corrected chi connectivity index (χ1v) is 33.5. The van der Waals surface area contributed by atoms with E-state index in [2.05, 4.69) is 38.2 Å². The molecule has 2 atom stereocenters. The molecule has 0 rings (SSSR count). The average Bonchev–Trinajstić information content (AvgIpc) is 3.40. The number of quaternary nitrogens is 1. The van der Waals surface area contributed by atoms with E-state index in [1.54, 1.807) is 0 Å². The highest BCUT2D eigenvalue weighted by Gasteiger charge is 2.22. The summed E-state index contributed by atoms with van der Waals surface area (Å²) in [4.78, 5) is 37.4. The number of rotatable bonds is 63. The van der Waals surface area contributed by atoms with Gasteiger partial charge in [-0.25, -0.2) is 0 Å². The highest BCUT2D eigenvalue weighted by molar-refractivity contribution is 5.70. The van der Waals surface area contributed by atoms with Crippen LogP contribution in [0.1, 0.15) is 335 Å². The Balaban J connectivity index is 4.05. The Bertz CT molecular complexity index is 1310. The van der Waals surface area contributed by atoms with Crippen LogP contribution < -0.4 is 5.11 Å². The molecule has 0 aromatic rings. The summed E-state index contributed by atoms with van der Waals surface area (Å²) in [6.45, 7) is 4.80. The van der Waals surface area contributed by atoms with Gasteiger partial charge in [0, 0.05) is 12.8 Å². The van der Waals surface area contributed by atoms with Crippen molar-refractivity contribution in [1.29, 1.82) is 0 Å². The lowest BCUT2D eigenvalue weighted by molar-refractivity contribution is -0.870. The number of carbonyl (C=O) groups excluding carboxylic acids is 3. The number of hydrogen-bond acceptors (Lipinski definition) is 8. The molecular formula is C68H129NO8. The minimum atomic E-state index is -1.62. The Labute approximate surface area is 478 Å². The van der Waals surface area contributed by atoms with Crippen LogP contribution in [0, 0.1) is 0 Å². The Morgan fingerprint density at radius 2 is 0.662 bits per heavy atom. The molecule has 0 radical (unpaired) electrons. The van der Waals surface area contributed by atoms with Crippen LogP contribution in [0.25, 0.3) is 0 Å². The second kappa shape index (κ2) is 59.9. The van der Waals surface area contributed by atoms with Crippen LogP contribution in [0.2, 0.25) is 0 Å². The fourth-order valence-electron chi connectivity index (χ4n) is 10.0. The summed E-state index contributed by atoms with van der Waals surface area (Å²) >= 11 is 0. The average molecular weight is 1090 g/mol. The summed E-state index contributed by atoms with van der Waals surface area (Å²) < 4.78 is 22.8. The molecule has 0 aliphatic carbocycles. The van der Waals surface area contributed by atoms with Gasteiger partial charge in [0.25, 0.3) is 0 Å². The summed E-state index contributed by atoms with van der Waals surface area (Å²) in [6.07, 6.45) is 69.7. The summed E-state index contributed by atoms with van der Waals surface area (Å²) in [7, 11) is 5.94. The SMILES string of the molecule is CCCCCCCC/C=C\CCCCCCCCCCCC(=O)OCC(COC(OCC[N+](C)(C)C)C(=O)[O-])OC(=O)CCCCCCCCCCCCCCCCCCCCCCC/C=C\CCCCCCCCCC. The molecule has 0 bridgehead atoms. The second-order valence-electron chi connectivity index (χ2n) is 24.1. The number of carbonyl (C=O) groups is 3. The maximum absolute atomic E-state index is 12.9. The number of esters is 2. The van der Waals surface area contributed by atoms with Crippen molar-refractivity contribution in [2.75, 3.05) is 47.5 Å². The van der Waals surface area contributed by atoms with Crippen molar-refractivity contribution in [2.45, 2.75) is 347 Å². The van der Waals surface area contributed by atoms with Crippen molar-refractivity contribution in [3.8, 4) is 0 Å². The Hall–Kier alpha value is -2.23. The molecule has 77 heavy (non-hydrogen) atoms. The molecule has 454 valence electrons. The first-order valence-electron chi connectivity index (χ1n) is 33.5. The maximum Gasteiger partial charge on any atom is 0.306 e. The molecule has 0 saturated heterocycles. The molecule has 0 spiro atoms. The normalized spacial score (nSPS) is 12.8. The third-order valence-electron chi connectivity index (χ3n) is 15.2. The zero-order chi connectivity index (χ0) is 56.2. The van der Waals surface area contributed by atoms with Crippen molar-refractivity contribution in [2.24, 2.45) is 0 Å². The van der Waals surface area contributed by atoms with E-state index in [4.69, 9.17) is 18.9 Å². The van der Waals surface area contributed by atoms with E-state index in [1.807, 2.05) is 21.1 Å². The third kappa shape index (κ3) is 61.2. The van der Waals surface area contributed by atoms with Crippen molar-refractivity contribution >= 4 is 17.9 Å². The van der Waals surface area contributed by atoms with Gasteiger partial charge in [0.15, 0.2) is 12.4 Å². The largest absolute Gasteiger partial charge is 0.545 e. The number of carboxylic acids is 1. The van der Waals surface area contributed by atoms with E-state index in [9.17, 15) is 19.5 Å². The predicted molar refractivity (Wildman–Crippen MR) is 325 cm³/mol. The number of ether oxygens (including phenoxy) is 4. The van der Waals surface area contributed by atoms with E-state index >= 15 is 0 Å². The van der Waals surface area contributed by atoms with Gasteiger partial charge in [-0.15, -0.1) is 0 Å². The molecule has 0 aromatic heterocycles. The quantitative estimate of drug-likeness (QED) is 0.0195. The summed E-state index contributed by atoms with van der Waals surface area (Å²) in [5.41, 5.74) is 0. The molecule has 0 amide bonds. The van der Waals surface area contributed by atoms with Crippen LogP contribution in [0.3, 0.4) is 0 Å². The molecule has 0 aliphatic heterocycles. The standard InChI is InChI=1S/C68H129NO8/c1-6-8-10-12-14-16-18-20-22-24-26-27-28-29-30-31-32-33-34-35-36-37-38-39-41-43-45-47-49-51-53-55-57-59-66(71)77-64(63-76-68(67(72)73)74-61-60-69(3,4)5)62-75-65(70)58-56-54-52-50-48-46-44-42-40-25-23-21-19-17-15-13-11-9-7-2/h21,23-24,26,64,68H,6-20,22,25,27-63H2,1-5H3/b23-21-,26-24-. The van der Waals surface area contributed by atoms with Gasteiger partial charge >= 0.3 is 11.9 Å². The summed E-state index contributed by atoms with van der Waals surface area (Å²) in [5, 5.41) is 11.8. The fraction of sp³-hybridized carbons (Fsp3) is 0.897. The Kier molecular flexibility index (Phi) is 58.1. The van der Waals surface area contributed by atoms with Crippen molar-refractivity contribution in [3.63, 3.8) is 0 Å². The number of hydrogen-bond donors (Lipinski definition) is 0. The number of carboxylic acid groups (broad SMARTS) is 1. The fourth-order valence-corrected chi connectivity index (χ4v) is 10.0. The molecule has 9 heteroatoms. The van der Waals surface area contributed by atoms with Gasteiger partial charge in [-0.1, -0.05) is 282 Å². The van der Waals surface area contributed by atoms with Crippen LogP contribution in [-0.2, 0) is 33.3 Å². The van der Waals surface area contributed by atoms with E-state index in [0.29, 0.717) is 17.4 Å². The first-order chi connectivity index (χ1) is 37.6. The molecule has 9 nitrogen and oxygen atoms in total. The number of unbranched alkanes of at least 4 members (excludes halogenated alkanes) is 44. The minimum Gasteiger partial charge on any atom is -0.545 e. The number of allylic oxidation sites excluding steroid dienone is 4. The van der Waals surface area contributed by atoms with Crippen molar-refractivity contribution in [1.82, 2.24) is 0 Å². The lowest BCUT2D eigenvalue weighted by Gasteiger charge is -2.26. The van der Waals surface area contributed by atoms with Crippen LogP contribution >= 0.6 is 0 Å². The van der Waals surface area contributed by atoms with Crippen LogP contribution in [0.5, 0.6) is 0 Å². The second-order valence-corrected chi connectivity index (χ2v) is 24.1. The van der Waals surface area contributed by atoms with Crippen molar-refractivity contribution < 1.29 is 42.9 Å². The van der Waals surface area contributed by atoms with E-state index in [-0.39, 0.29) is 32.2 Å². The van der Waals surface area contributed by atoms with Crippen LogP contribution in [0.15, 0.2) is 24.3 Å². The first kappa shape index (κ1) is 74.8. The Morgan fingerprint density at radius 3 is 0.961 bits per heavy atom. The van der Waals surface area contributed by atoms with E-state index < -0.39 is 24.3 Å². The molecule has 0 N–H and O–H groups in total. The van der Waals surface area contributed by atoms with Gasteiger partial charge in [0.1, 0.15) is 13.2 Å². The maximum atomic E-state index is 12.9. The third-order valence-corrected chi connectivity index (χ3v) is 15.2. The van der Waals surface area contributed by atoms with Crippen LogP contribution in [0.4, 0.5) is 0 Å². The zero-order valence-electron chi connectivity index (χ0n) is 51.9. The lowest BCUT2D eigenvalue weighted by Crippen LogP contribution is -2.44. The molecular weight excluding hydrogens is 959 g/mol. The molecule has 0 aromatic carbocycles. The highest BCUT2D eigenvalue weighted by Crippen LogP contribution is 2.18. The topological polar surface area (TPSA) is 111 Å². The van der Waals surface area contributed by atoms with Crippen LogP contribution in [-0.4, -0.2) is 82.3 Å². The van der Waals surface area contributed by atoms with Gasteiger partial charge in [0.05, 0.1) is 40.3 Å². The lowest BCUT2D eigenvalue weighted by atomic mass is 10.0. The Morgan fingerprint density at radius 1 is 0.377 bits per heavy atom. The minimum absolute atomic E-state index is 0.150. The van der Waals surface area contributed by atoms with Crippen molar-refractivity contribution in [3.05, 3.63) is 24.3 Å². The molecule has 0 fully saturated rings. The van der Waals surface area contributed by atoms with Gasteiger partial charge < -0.3 is 33.3 Å². The summed E-state index contributed by atoms with van der Waals surface area (Å²) in [6, 6.07) is 0. The smallest absolute Gasteiger partial charge is 0.306 e. The number of likely N-dealkylation sites (N-methyl/N-ethyl adjacent to an activating group) is 1. The predicted octanol–water partition coefficient (Wildman–Crippen LogP) is 18.9. The molecule has 0 saturated carbocycles. The van der Waals surface area contributed by atoms with Gasteiger partial charge in [-0.2, -0.15) is 0 Å². The monoisotopic (exact) mass is 1090 g/mol. The number of nitrogens with zero attached hydrogens (tertiary/aromatic N) is 1. The summed E-state index contributed by atoms with van der Waals surface area (Å²) in [5.74, 6) is -2.26. The highest BCUT2D eigenvalue weighted by atomic mass is 16.7. The molecule has 0 aliphatic rings. The van der Waals surface area contributed by atoms with Gasteiger partial charge in [0.2, 0.25) is 0 Å². The molecule has 0 heterocycles.